The van der Waals surface area contributed by atoms with Crippen molar-refractivity contribution in [3.05, 3.63) is 34.9 Å². The third-order valence-electron chi connectivity index (χ3n) is 2.82. The molecule has 5 heteroatoms. The van der Waals surface area contributed by atoms with Crippen molar-refractivity contribution in [3.63, 3.8) is 0 Å². The van der Waals surface area contributed by atoms with Crippen LogP contribution in [-0.2, 0) is 9.47 Å². The highest BCUT2D eigenvalue weighted by Crippen LogP contribution is 2.10. The summed E-state index contributed by atoms with van der Waals surface area (Å²) in [4.78, 5) is 13.9. The molecule has 1 aromatic carbocycles. The SMILES string of the molecule is O=C(OCCN1CCOCC1)c1ccc(Cl)cc1. The van der Waals surface area contributed by atoms with Crippen molar-refractivity contribution in [1.82, 2.24) is 4.90 Å². The van der Waals surface area contributed by atoms with Crippen molar-refractivity contribution in [2.45, 2.75) is 0 Å². The summed E-state index contributed by atoms with van der Waals surface area (Å²) in [7, 11) is 0. The Morgan fingerprint density at radius 3 is 2.61 bits per heavy atom. The monoisotopic (exact) mass is 269 g/mol. The lowest BCUT2D eigenvalue weighted by Crippen LogP contribution is -2.38. The predicted octanol–water partition coefficient (Wildman–Crippen LogP) is 1.83. The Bertz CT molecular complexity index is 388. The predicted molar refractivity (Wildman–Crippen MR) is 69.0 cm³/mol. The molecule has 0 bridgehead atoms. The minimum absolute atomic E-state index is 0.306. The molecule has 0 saturated carbocycles. The first-order valence-electron chi connectivity index (χ1n) is 5.98. The minimum atomic E-state index is -0.306. The van der Waals surface area contributed by atoms with E-state index in [0.717, 1.165) is 32.8 Å². The number of carbonyl (C=O) groups excluding carboxylic acids is 1. The van der Waals surface area contributed by atoms with E-state index in [2.05, 4.69) is 4.90 Å². The third-order valence-corrected chi connectivity index (χ3v) is 3.08. The Balaban J connectivity index is 1.72. The maximum absolute atomic E-state index is 11.7. The van der Waals surface area contributed by atoms with Crippen LogP contribution < -0.4 is 0 Å². The van der Waals surface area contributed by atoms with Crippen LogP contribution in [0.25, 0.3) is 0 Å². The molecule has 18 heavy (non-hydrogen) atoms. The molecule has 0 radical (unpaired) electrons. The maximum Gasteiger partial charge on any atom is 0.338 e. The molecule has 1 aliphatic heterocycles. The number of hydrogen-bond acceptors (Lipinski definition) is 4. The first-order valence-corrected chi connectivity index (χ1v) is 6.36. The zero-order valence-corrected chi connectivity index (χ0v) is 10.9. The zero-order valence-electron chi connectivity index (χ0n) is 10.1. The van der Waals surface area contributed by atoms with Gasteiger partial charge in [0.25, 0.3) is 0 Å². The van der Waals surface area contributed by atoms with Crippen molar-refractivity contribution in [1.29, 1.82) is 0 Å². The first kappa shape index (κ1) is 13.3. The van der Waals surface area contributed by atoms with E-state index in [4.69, 9.17) is 21.1 Å². The molecule has 2 rings (SSSR count). The molecule has 0 amide bonds. The molecular weight excluding hydrogens is 254 g/mol. The summed E-state index contributed by atoms with van der Waals surface area (Å²) in [5.74, 6) is -0.306. The van der Waals surface area contributed by atoms with Crippen LogP contribution in [0.5, 0.6) is 0 Å². The normalized spacial score (nSPS) is 16.5. The largest absolute Gasteiger partial charge is 0.461 e. The standard InChI is InChI=1S/C13H16ClNO3/c14-12-3-1-11(2-4-12)13(16)18-10-7-15-5-8-17-9-6-15/h1-4H,5-10H2. The van der Waals surface area contributed by atoms with Crippen LogP contribution in [0.3, 0.4) is 0 Å². The number of rotatable bonds is 4. The Kier molecular flexibility index (Phi) is 4.99. The van der Waals surface area contributed by atoms with Gasteiger partial charge in [-0.05, 0) is 24.3 Å². The number of hydrogen-bond donors (Lipinski definition) is 0. The number of morpholine rings is 1. The van der Waals surface area contributed by atoms with Gasteiger partial charge in [-0.3, -0.25) is 4.90 Å². The van der Waals surface area contributed by atoms with E-state index in [9.17, 15) is 4.79 Å². The fourth-order valence-electron chi connectivity index (χ4n) is 1.76. The number of nitrogens with zero attached hydrogens (tertiary/aromatic N) is 1. The van der Waals surface area contributed by atoms with E-state index in [0.29, 0.717) is 17.2 Å². The van der Waals surface area contributed by atoms with Gasteiger partial charge < -0.3 is 9.47 Å². The third kappa shape index (κ3) is 3.98. The second-order valence-corrected chi connectivity index (χ2v) is 4.53. The smallest absolute Gasteiger partial charge is 0.338 e. The van der Waals surface area contributed by atoms with Crippen molar-refractivity contribution in [2.24, 2.45) is 0 Å². The van der Waals surface area contributed by atoms with Gasteiger partial charge in [0.15, 0.2) is 0 Å². The Morgan fingerprint density at radius 2 is 1.94 bits per heavy atom. The Labute approximate surface area is 111 Å². The summed E-state index contributed by atoms with van der Waals surface area (Å²) in [6, 6.07) is 6.69. The lowest BCUT2D eigenvalue weighted by molar-refractivity contribution is 0.0195. The summed E-state index contributed by atoms with van der Waals surface area (Å²) in [6.45, 7) is 4.47. The van der Waals surface area contributed by atoms with Crippen LogP contribution in [0.15, 0.2) is 24.3 Å². The summed E-state index contributed by atoms with van der Waals surface area (Å²) < 4.78 is 10.5. The molecule has 0 aliphatic carbocycles. The molecule has 0 aromatic heterocycles. The van der Waals surface area contributed by atoms with Gasteiger partial charge in [0, 0.05) is 24.7 Å². The van der Waals surface area contributed by atoms with Crippen LogP contribution in [0.4, 0.5) is 0 Å². The molecule has 1 heterocycles. The van der Waals surface area contributed by atoms with Crippen molar-refractivity contribution < 1.29 is 14.3 Å². The van der Waals surface area contributed by atoms with E-state index >= 15 is 0 Å². The molecule has 98 valence electrons. The summed E-state index contributed by atoms with van der Waals surface area (Å²) in [5.41, 5.74) is 0.529. The molecule has 1 aliphatic rings. The fourth-order valence-corrected chi connectivity index (χ4v) is 1.89. The highest BCUT2D eigenvalue weighted by atomic mass is 35.5. The van der Waals surface area contributed by atoms with Crippen LogP contribution in [0, 0.1) is 0 Å². The number of halogens is 1. The van der Waals surface area contributed by atoms with Gasteiger partial charge in [-0.15, -0.1) is 0 Å². The van der Waals surface area contributed by atoms with Crippen molar-refractivity contribution in [2.75, 3.05) is 39.5 Å². The van der Waals surface area contributed by atoms with E-state index < -0.39 is 0 Å². The summed E-state index contributed by atoms with van der Waals surface area (Å²) >= 11 is 5.75. The van der Waals surface area contributed by atoms with Gasteiger partial charge in [-0.1, -0.05) is 11.6 Å². The van der Waals surface area contributed by atoms with Gasteiger partial charge in [0.1, 0.15) is 6.61 Å². The fraction of sp³-hybridized carbons (Fsp3) is 0.462. The quantitative estimate of drug-likeness (QED) is 0.782. The highest BCUT2D eigenvalue weighted by molar-refractivity contribution is 6.30. The molecule has 1 saturated heterocycles. The molecule has 0 spiro atoms. The number of esters is 1. The topological polar surface area (TPSA) is 38.8 Å². The van der Waals surface area contributed by atoms with E-state index in [1.807, 2.05) is 0 Å². The van der Waals surface area contributed by atoms with Crippen LogP contribution >= 0.6 is 11.6 Å². The number of ether oxygens (including phenoxy) is 2. The minimum Gasteiger partial charge on any atom is -0.461 e. The number of benzene rings is 1. The van der Waals surface area contributed by atoms with Gasteiger partial charge in [-0.25, -0.2) is 4.79 Å². The zero-order chi connectivity index (χ0) is 12.8. The van der Waals surface area contributed by atoms with Crippen LogP contribution in [0.2, 0.25) is 5.02 Å². The Morgan fingerprint density at radius 1 is 1.28 bits per heavy atom. The molecular formula is C13H16ClNO3. The average molecular weight is 270 g/mol. The Hall–Kier alpha value is -1.10. The van der Waals surface area contributed by atoms with Crippen molar-refractivity contribution >= 4 is 17.6 Å². The van der Waals surface area contributed by atoms with E-state index in [1.165, 1.54) is 0 Å². The highest BCUT2D eigenvalue weighted by Gasteiger charge is 2.11. The molecule has 0 atom stereocenters. The first-order chi connectivity index (χ1) is 8.75. The van der Waals surface area contributed by atoms with Gasteiger partial charge in [0.2, 0.25) is 0 Å². The van der Waals surface area contributed by atoms with Gasteiger partial charge in [-0.2, -0.15) is 0 Å². The number of carbonyl (C=O) groups is 1. The van der Waals surface area contributed by atoms with Gasteiger partial charge >= 0.3 is 5.97 Å². The second-order valence-electron chi connectivity index (χ2n) is 4.10. The molecule has 4 nitrogen and oxygen atoms in total. The molecule has 0 N–H and O–H groups in total. The lowest BCUT2D eigenvalue weighted by Gasteiger charge is -2.26. The second kappa shape index (κ2) is 6.73. The lowest BCUT2D eigenvalue weighted by atomic mass is 10.2. The average Bonchev–Trinajstić information content (AvgIpc) is 2.40. The van der Waals surface area contributed by atoms with Crippen LogP contribution in [0.1, 0.15) is 10.4 Å². The molecule has 1 aromatic rings. The maximum atomic E-state index is 11.7. The molecule has 1 fully saturated rings. The molecule has 0 unspecified atom stereocenters. The van der Waals surface area contributed by atoms with Crippen LogP contribution in [-0.4, -0.2) is 50.3 Å². The van der Waals surface area contributed by atoms with Crippen molar-refractivity contribution in [3.8, 4) is 0 Å². The van der Waals surface area contributed by atoms with E-state index in [1.54, 1.807) is 24.3 Å². The van der Waals surface area contributed by atoms with Gasteiger partial charge in [0.05, 0.1) is 18.8 Å². The van der Waals surface area contributed by atoms with E-state index in [-0.39, 0.29) is 5.97 Å². The summed E-state index contributed by atoms with van der Waals surface area (Å²) in [6.07, 6.45) is 0. The summed E-state index contributed by atoms with van der Waals surface area (Å²) in [5, 5.41) is 0.611.